The molecule has 0 heterocycles. The van der Waals surface area contributed by atoms with Crippen molar-refractivity contribution in [2.45, 2.75) is 71.5 Å². The second kappa shape index (κ2) is 8.89. The van der Waals surface area contributed by atoms with Crippen molar-refractivity contribution < 1.29 is 28.9 Å². The van der Waals surface area contributed by atoms with Gasteiger partial charge in [-0.05, 0) is 53.5 Å². The molecule has 2 N–H and O–H groups in total. The van der Waals surface area contributed by atoms with Crippen molar-refractivity contribution in [1.29, 1.82) is 0 Å². The van der Waals surface area contributed by atoms with E-state index in [-0.39, 0.29) is 6.42 Å². The molecule has 1 rings (SSSR count). The van der Waals surface area contributed by atoms with Gasteiger partial charge in [-0.15, -0.1) is 0 Å². The number of carbonyl (C=O) groups excluding carboxylic acids is 2. The fourth-order valence-corrected chi connectivity index (χ4v) is 2.00. The van der Waals surface area contributed by atoms with Gasteiger partial charge in [0.05, 0.1) is 6.04 Å². The summed E-state index contributed by atoms with van der Waals surface area (Å²) >= 11 is 0. The van der Waals surface area contributed by atoms with Crippen LogP contribution in [0.25, 0.3) is 0 Å². The van der Waals surface area contributed by atoms with Crippen LogP contribution in [-0.4, -0.2) is 40.9 Å². The number of aliphatic hydroxyl groups is 1. The maximum absolute atomic E-state index is 12.1. The standard InChI is InChI=1S/C19H29NO6/c1-18(2,3)25-16(22)20-14(12-13-10-8-7-9-11-13)15(21)24-17(23)26-19(4,5)6/h7-11,14-15,21H,12H2,1-6H3,(H,20,22)/t14-,15?/m0/s1. The lowest BCUT2D eigenvalue weighted by molar-refractivity contribution is -0.114. The third-order valence-corrected chi connectivity index (χ3v) is 2.95. The van der Waals surface area contributed by atoms with Crippen molar-refractivity contribution in [3.05, 3.63) is 35.9 Å². The Hall–Kier alpha value is -2.28. The number of aliphatic hydroxyl groups excluding tert-OH is 1. The lowest BCUT2D eigenvalue weighted by atomic mass is 10.1. The molecule has 26 heavy (non-hydrogen) atoms. The highest BCUT2D eigenvalue weighted by Crippen LogP contribution is 2.13. The van der Waals surface area contributed by atoms with Crippen LogP contribution in [0.2, 0.25) is 0 Å². The minimum atomic E-state index is -1.60. The number of alkyl carbamates (subject to hydrolysis) is 1. The average molecular weight is 367 g/mol. The maximum atomic E-state index is 12.1. The van der Waals surface area contributed by atoms with Crippen LogP contribution in [0.5, 0.6) is 0 Å². The molecule has 1 amide bonds. The van der Waals surface area contributed by atoms with Gasteiger partial charge in [-0.1, -0.05) is 30.3 Å². The zero-order chi connectivity index (χ0) is 20.0. The fraction of sp³-hybridized carbons (Fsp3) is 0.579. The van der Waals surface area contributed by atoms with Gasteiger partial charge in [-0.25, -0.2) is 9.59 Å². The Morgan fingerprint density at radius 2 is 1.54 bits per heavy atom. The summed E-state index contributed by atoms with van der Waals surface area (Å²) in [6.07, 6.45) is -3.10. The maximum Gasteiger partial charge on any atom is 0.511 e. The molecular weight excluding hydrogens is 338 g/mol. The van der Waals surface area contributed by atoms with Gasteiger partial charge < -0.3 is 24.6 Å². The van der Waals surface area contributed by atoms with Gasteiger partial charge in [0.2, 0.25) is 6.29 Å². The van der Waals surface area contributed by atoms with Gasteiger partial charge in [0.25, 0.3) is 0 Å². The molecule has 0 spiro atoms. The highest BCUT2D eigenvalue weighted by Gasteiger charge is 2.29. The quantitative estimate of drug-likeness (QED) is 0.612. The Kier molecular flexibility index (Phi) is 7.44. The van der Waals surface area contributed by atoms with Crippen LogP contribution in [0.3, 0.4) is 0 Å². The summed E-state index contributed by atoms with van der Waals surface area (Å²) in [5.74, 6) is 0. The van der Waals surface area contributed by atoms with E-state index >= 15 is 0 Å². The number of amides is 1. The van der Waals surface area contributed by atoms with Crippen molar-refractivity contribution in [2.75, 3.05) is 0 Å². The average Bonchev–Trinajstić information content (AvgIpc) is 2.43. The van der Waals surface area contributed by atoms with E-state index in [9.17, 15) is 14.7 Å². The smallest absolute Gasteiger partial charge is 0.444 e. The van der Waals surface area contributed by atoms with E-state index in [2.05, 4.69) is 5.32 Å². The molecule has 0 saturated heterocycles. The molecule has 146 valence electrons. The first kappa shape index (κ1) is 21.8. The number of benzene rings is 1. The van der Waals surface area contributed by atoms with E-state index < -0.39 is 35.8 Å². The lowest BCUT2D eigenvalue weighted by Crippen LogP contribution is -2.48. The SMILES string of the molecule is CC(C)(C)OC(=O)N[C@@H](Cc1ccccc1)C(O)OC(=O)OC(C)(C)C. The predicted octanol–water partition coefficient (Wildman–Crippen LogP) is 3.39. The van der Waals surface area contributed by atoms with Crippen LogP contribution in [0.15, 0.2) is 30.3 Å². The monoisotopic (exact) mass is 367 g/mol. The molecule has 1 aromatic rings. The predicted molar refractivity (Wildman–Crippen MR) is 96.6 cm³/mol. The Balaban J connectivity index is 2.81. The first-order valence-electron chi connectivity index (χ1n) is 8.47. The van der Waals surface area contributed by atoms with Crippen LogP contribution in [0, 0.1) is 0 Å². The van der Waals surface area contributed by atoms with Crippen LogP contribution in [0.1, 0.15) is 47.1 Å². The largest absolute Gasteiger partial charge is 0.511 e. The van der Waals surface area contributed by atoms with E-state index in [1.807, 2.05) is 30.3 Å². The number of rotatable bonds is 5. The van der Waals surface area contributed by atoms with Gasteiger partial charge >= 0.3 is 12.2 Å². The molecule has 0 aliphatic heterocycles. The molecule has 0 saturated carbocycles. The van der Waals surface area contributed by atoms with E-state index in [0.717, 1.165) is 5.56 Å². The number of nitrogens with one attached hydrogen (secondary N) is 1. The fourth-order valence-electron chi connectivity index (χ4n) is 2.00. The van der Waals surface area contributed by atoms with Crippen molar-refractivity contribution in [1.82, 2.24) is 5.32 Å². The molecule has 7 nitrogen and oxygen atoms in total. The normalized spacial score (nSPS) is 14.1. The van der Waals surface area contributed by atoms with Crippen molar-refractivity contribution >= 4 is 12.2 Å². The number of hydrogen-bond acceptors (Lipinski definition) is 6. The molecule has 0 aliphatic rings. The Bertz CT molecular complexity index is 588. The highest BCUT2D eigenvalue weighted by molar-refractivity contribution is 5.68. The Morgan fingerprint density at radius 1 is 1.00 bits per heavy atom. The van der Waals surface area contributed by atoms with Gasteiger partial charge in [0.15, 0.2) is 0 Å². The van der Waals surface area contributed by atoms with Crippen molar-refractivity contribution in [3.8, 4) is 0 Å². The van der Waals surface area contributed by atoms with Gasteiger partial charge in [0, 0.05) is 0 Å². The Morgan fingerprint density at radius 3 is 2.04 bits per heavy atom. The van der Waals surface area contributed by atoms with Gasteiger partial charge in [-0.3, -0.25) is 0 Å². The zero-order valence-electron chi connectivity index (χ0n) is 16.2. The van der Waals surface area contributed by atoms with E-state index in [4.69, 9.17) is 14.2 Å². The lowest BCUT2D eigenvalue weighted by Gasteiger charge is -2.27. The number of carbonyl (C=O) groups is 2. The molecule has 7 heteroatoms. The second-order valence-electron chi connectivity index (χ2n) is 7.92. The molecule has 1 unspecified atom stereocenters. The van der Waals surface area contributed by atoms with Crippen LogP contribution < -0.4 is 5.32 Å². The molecular formula is C19H29NO6. The first-order chi connectivity index (χ1) is 11.9. The number of hydrogen-bond donors (Lipinski definition) is 2. The second-order valence-corrected chi connectivity index (χ2v) is 7.92. The molecule has 0 aliphatic carbocycles. The minimum absolute atomic E-state index is 0.240. The summed E-state index contributed by atoms with van der Waals surface area (Å²) in [5, 5.41) is 12.8. The van der Waals surface area contributed by atoms with Crippen molar-refractivity contribution in [3.63, 3.8) is 0 Å². The third kappa shape index (κ3) is 9.27. The van der Waals surface area contributed by atoms with E-state index in [1.165, 1.54) is 0 Å². The molecule has 0 fully saturated rings. The van der Waals surface area contributed by atoms with Crippen LogP contribution in [-0.2, 0) is 20.6 Å². The molecule has 0 aromatic heterocycles. The summed E-state index contributed by atoms with van der Waals surface area (Å²) in [5.41, 5.74) is -0.608. The van der Waals surface area contributed by atoms with Gasteiger partial charge in [0.1, 0.15) is 11.2 Å². The van der Waals surface area contributed by atoms with Gasteiger partial charge in [-0.2, -0.15) is 0 Å². The Labute approximate surface area is 154 Å². The highest BCUT2D eigenvalue weighted by atomic mass is 16.8. The number of ether oxygens (including phenoxy) is 3. The van der Waals surface area contributed by atoms with Crippen LogP contribution >= 0.6 is 0 Å². The zero-order valence-corrected chi connectivity index (χ0v) is 16.2. The summed E-state index contributed by atoms with van der Waals surface area (Å²) in [6, 6.07) is 8.29. The molecule has 1 aromatic carbocycles. The van der Waals surface area contributed by atoms with Crippen LogP contribution in [0.4, 0.5) is 9.59 Å². The third-order valence-electron chi connectivity index (χ3n) is 2.95. The molecule has 2 atom stereocenters. The molecule has 0 bridgehead atoms. The summed E-state index contributed by atoms with van der Waals surface area (Å²) in [6.45, 7) is 10.2. The van der Waals surface area contributed by atoms with E-state index in [1.54, 1.807) is 41.5 Å². The summed E-state index contributed by atoms with van der Waals surface area (Å²) in [4.78, 5) is 23.9. The topological polar surface area (TPSA) is 94.1 Å². The summed E-state index contributed by atoms with van der Waals surface area (Å²) < 4.78 is 15.2. The van der Waals surface area contributed by atoms with E-state index in [0.29, 0.717) is 0 Å². The summed E-state index contributed by atoms with van der Waals surface area (Å²) in [7, 11) is 0. The molecule has 0 radical (unpaired) electrons. The van der Waals surface area contributed by atoms with Crippen molar-refractivity contribution in [2.24, 2.45) is 0 Å². The first-order valence-corrected chi connectivity index (χ1v) is 8.47. The minimum Gasteiger partial charge on any atom is -0.444 e.